The highest BCUT2D eigenvalue weighted by Gasteiger charge is 2.62. The SMILES string of the molecule is CON=C(C(=O)NC1(Cc2ccc([N+](=O)[O-])cc2)C(=O)N2C=CCS[C@H]21)c1nsc(N)n1. The van der Waals surface area contributed by atoms with Crippen molar-refractivity contribution >= 4 is 51.6 Å². The van der Waals surface area contributed by atoms with Crippen LogP contribution in [-0.4, -0.2) is 60.5 Å². The normalized spacial score (nSPS) is 22.2. The fraction of sp³-hybridized carbons (Fsp3) is 0.278. The number of nitro groups is 1. The molecule has 1 aromatic carbocycles. The third-order valence-electron chi connectivity index (χ3n) is 4.92. The van der Waals surface area contributed by atoms with Crippen molar-refractivity contribution in [2.75, 3.05) is 18.6 Å². The Balaban J connectivity index is 1.66. The monoisotopic (exact) mass is 475 g/mol. The first-order chi connectivity index (χ1) is 15.4. The van der Waals surface area contributed by atoms with Crippen LogP contribution in [0.4, 0.5) is 10.8 Å². The van der Waals surface area contributed by atoms with Crippen LogP contribution in [0.1, 0.15) is 11.4 Å². The number of fused-ring (bicyclic) bond motifs is 1. The number of aromatic nitrogens is 2. The van der Waals surface area contributed by atoms with E-state index in [1.165, 1.54) is 31.0 Å². The Morgan fingerprint density at radius 1 is 1.47 bits per heavy atom. The summed E-state index contributed by atoms with van der Waals surface area (Å²) in [6, 6.07) is 5.86. The Morgan fingerprint density at radius 2 is 2.22 bits per heavy atom. The molecule has 3 heterocycles. The number of thioether (sulfide) groups is 1. The van der Waals surface area contributed by atoms with Crippen molar-refractivity contribution in [1.82, 2.24) is 19.6 Å². The molecule has 166 valence electrons. The molecule has 1 unspecified atom stereocenters. The number of β-lactam (4-membered cyclic amide) rings is 1. The Kier molecular flexibility index (Phi) is 5.80. The lowest BCUT2D eigenvalue weighted by molar-refractivity contribution is -0.384. The molecule has 1 aromatic heterocycles. The van der Waals surface area contributed by atoms with Crippen molar-refractivity contribution in [2.24, 2.45) is 5.16 Å². The second-order valence-corrected chi connectivity index (χ2v) is 8.78. The first kappa shape index (κ1) is 21.7. The number of oxime groups is 1. The zero-order valence-corrected chi connectivity index (χ0v) is 18.3. The Bertz CT molecular complexity index is 1130. The van der Waals surface area contributed by atoms with Crippen LogP contribution in [0.15, 0.2) is 41.7 Å². The van der Waals surface area contributed by atoms with Crippen molar-refractivity contribution in [3.8, 4) is 0 Å². The summed E-state index contributed by atoms with van der Waals surface area (Å²) in [7, 11) is 1.27. The number of amides is 2. The summed E-state index contributed by atoms with van der Waals surface area (Å²) in [6.45, 7) is 0. The molecule has 2 aromatic rings. The van der Waals surface area contributed by atoms with Crippen LogP contribution in [0.25, 0.3) is 0 Å². The molecule has 12 nitrogen and oxygen atoms in total. The van der Waals surface area contributed by atoms with E-state index in [-0.39, 0.29) is 40.1 Å². The molecule has 32 heavy (non-hydrogen) atoms. The van der Waals surface area contributed by atoms with Gasteiger partial charge in [-0.05, 0) is 5.56 Å². The smallest absolute Gasteiger partial charge is 0.278 e. The zero-order chi connectivity index (χ0) is 22.9. The van der Waals surface area contributed by atoms with Gasteiger partial charge in [-0.15, -0.1) is 11.8 Å². The molecule has 2 aliphatic rings. The van der Waals surface area contributed by atoms with E-state index in [9.17, 15) is 19.7 Å². The van der Waals surface area contributed by atoms with E-state index in [1.807, 2.05) is 6.08 Å². The maximum Gasteiger partial charge on any atom is 0.278 e. The Labute approximate surface area is 189 Å². The highest BCUT2D eigenvalue weighted by molar-refractivity contribution is 8.00. The fourth-order valence-corrected chi connectivity index (χ4v) is 5.20. The van der Waals surface area contributed by atoms with Gasteiger partial charge in [0.2, 0.25) is 11.5 Å². The summed E-state index contributed by atoms with van der Waals surface area (Å²) < 4.78 is 4.00. The molecule has 14 heteroatoms. The topological polar surface area (TPSA) is 166 Å². The minimum atomic E-state index is -1.29. The van der Waals surface area contributed by atoms with E-state index in [1.54, 1.807) is 23.2 Å². The maximum atomic E-state index is 13.2. The largest absolute Gasteiger partial charge is 0.398 e. The van der Waals surface area contributed by atoms with E-state index < -0.39 is 16.4 Å². The van der Waals surface area contributed by atoms with Crippen LogP contribution in [0.5, 0.6) is 0 Å². The minimum Gasteiger partial charge on any atom is -0.398 e. The summed E-state index contributed by atoms with van der Waals surface area (Å²) in [6.07, 6.45) is 3.68. The molecule has 0 saturated carbocycles. The van der Waals surface area contributed by atoms with E-state index in [2.05, 4.69) is 19.8 Å². The van der Waals surface area contributed by atoms with Gasteiger partial charge >= 0.3 is 0 Å². The number of nitro benzene ring substituents is 1. The second kappa shape index (κ2) is 8.55. The number of nitrogen functional groups attached to an aromatic ring is 1. The number of nitrogens with one attached hydrogen (secondary N) is 1. The van der Waals surface area contributed by atoms with Gasteiger partial charge in [-0.1, -0.05) is 23.4 Å². The third-order valence-corrected chi connectivity index (χ3v) is 6.80. The molecule has 0 bridgehead atoms. The summed E-state index contributed by atoms with van der Waals surface area (Å²) in [5.74, 6) is -0.359. The maximum absolute atomic E-state index is 13.2. The lowest BCUT2D eigenvalue weighted by Crippen LogP contribution is -2.79. The van der Waals surface area contributed by atoms with Gasteiger partial charge in [0.05, 0.1) is 4.92 Å². The number of nitrogens with two attached hydrogens (primary N) is 1. The number of hydrogen-bond donors (Lipinski definition) is 2. The average molecular weight is 476 g/mol. The minimum absolute atomic E-state index is 0.0165. The van der Waals surface area contributed by atoms with Crippen molar-refractivity contribution in [1.29, 1.82) is 0 Å². The quantitative estimate of drug-likeness (QED) is 0.256. The lowest BCUT2D eigenvalue weighted by Gasteiger charge is -2.55. The number of benzene rings is 1. The Hall–Kier alpha value is -3.52. The summed E-state index contributed by atoms with van der Waals surface area (Å²) in [5.41, 5.74) is 4.70. The standard InChI is InChI=1S/C18H17N7O5S2/c1-30-22-12(13-20-17(19)32-23-13)14(26)21-18(15(27)24-7-2-8-31-16(18)24)9-10-3-5-11(6-4-10)25(28)29/h2-7,16H,8-9H2,1H3,(H,21,26)(H2,19,20,23)/t16-,18?/m0/s1. The molecular formula is C18H17N7O5S2. The average Bonchev–Trinajstić information content (AvgIpc) is 3.22. The predicted octanol–water partition coefficient (Wildman–Crippen LogP) is 0.905. The molecule has 1 fully saturated rings. The molecule has 0 radical (unpaired) electrons. The number of carbonyl (C=O) groups excluding carboxylic acids is 2. The second-order valence-electron chi connectivity index (χ2n) is 6.89. The van der Waals surface area contributed by atoms with Gasteiger partial charge in [0, 0.05) is 42.0 Å². The van der Waals surface area contributed by atoms with E-state index in [4.69, 9.17) is 10.6 Å². The molecule has 3 N–H and O–H groups in total. The number of non-ortho nitro benzene ring substituents is 1. The van der Waals surface area contributed by atoms with Crippen LogP contribution >= 0.6 is 23.3 Å². The summed E-state index contributed by atoms with van der Waals surface area (Å²) in [4.78, 5) is 47.1. The highest BCUT2D eigenvalue weighted by atomic mass is 32.2. The van der Waals surface area contributed by atoms with Crippen LogP contribution in [-0.2, 0) is 20.8 Å². The van der Waals surface area contributed by atoms with E-state index >= 15 is 0 Å². The van der Waals surface area contributed by atoms with E-state index in [0.717, 1.165) is 11.5 Å². The number of carbonyl (C=O) groups is 2. The molecule has 0 aliphatic carbocycles. The van der Waals surface area contributed by atoms with Crippen molar-refractivity contribution in [3.63, 3.8) is 0 Å². The van der Waals surface area contributed by atoms with Crippen LogP contribution in [0.3, 0.4) is 0 Å². The summed E-state index contributed by atoms with van der Waals surface area (Å²) in [5, 5.41) is 17.3. The summed E-state index contributed by atoms with van der Waals surface area (Å²) >= 11 is 2.39. The van der Waals surface area contributed by atoms with Crippen molar-refractivity contribution in [3.05, 3.63) is 58.0 Å². The van der Waals surface area contributed by atoms with Crippen LogP contribution < -0.4 is 11.1 Å². The first-order valence-electron chi connectivity index (χ1n) is 9.23. The van der Waals surface area contributed by atoms with Crippen LogP contribution in [0.2, 0.25) is 0 Å². The number of anilines is 1. The molecule has 2 amide bonds. The zero-order valence-electron chi connectivity index (χ0n) is 16.6. The number of hydrogen-bond acceptors (Lipinski definition) is 11. The van der Waals surface area contributed by atoms with Crippen molar-refractivity contribution in [2.45, 2.75) is 17.3 Å². The van der Waals surface area contributed by atoms with Gasteiger partial charge in [-0.2, -0.15) is 9.36 Å². The first-order valence-corrected chi connectivity index (χ1v) is 11.1. The molecule has 4 rings (SSSR count). The van der Waals surface area contributed by atoms with Crippen molar-refractivity contribution < 1.29 is 19.3 Å². The molecule has 2 aliphatic heterocycles. The third kappa shape index (κ3) is 3.78. The molecule has 2 atom stereocenters. The predicted molar refractivity (Wildman–Crippen MR) is 118 cm³/mol. The lowest BCUT2D eigenvalue weighted by atomic mass is 9.81. The number of nitrogens with zero attached hydrogens (tertiary/aromatic N) is 5. The van der Waals surface area contributed by atoms with Gasteiger partial charge in [0.25, 0.3) is 17.5 Å². The molecule has 0 spiro atoms. The highest BCUT2D eigenvalue weighted by Crippen LogP contribution is 2.43. The van der Waals surface area contributed by atoms with E-state index in [0.29, 0.717) is 11.3 Å². The van der Waals surface area contributed by atoms with Gasteiger partial charge in [0.1, 0.15) is 12.5 Å². The fourth-order valence-electron chi connectivity index (χ4n) is 3.53. The number of rotatable bonds is 7. The van der Waals surface area contributed by atoms with Gasteiger partial charge < -0.3 is 20.8 Å². The molecule has 1 saturated heterocycles. The Morgan fingerprint density at radius 3 is 2.84 bits per heavy atom. The van der Waals surface area contributed by atoms with Gasteiger partial charge in [-0.25, -0.2) is 0 Å². The van der Waals surface area contributed by atoms with Crippen LogP contribution in [0, 0.1) is 10.1 Å². The van der Waals surface area contributed by atoms with Gasteiger partial charge in [-0.3, -0.25) is 19.7 Å². The van der Waals surface area contributed by atoms with Gasteiger partial charge in [0.15, 0.2) is 10.7 Å². The molecular weight excluding hydrogens is 458 g/mol.